The number of ether oxygens (including phenoxy) is 1. The Kier molecular flexibility index (Phi) is 8.76. The third kappa shape index (κ3) is 6.43. The van der Waals surface area contributed by atoms with Crippen LogP contribution in [0.25, 0.3) is 0 Å². The number of carbonyl (C=O) groups excluding carboxylic acids is 2. The Labute approximate surface area is 233 Å². The van der Waals surface area contributed by atoms with Gasteiger partial charge in [-0.1, -0.05) is 25.1 Å². The molecule has 12 nitrogen and oxygen atoms in total. The molecule has 2 heterocycles. The van der Waals surface area contributed by atoms with Crippen molar-refractivity contribution in [1.82, 2.24) is 18.8 Å². The van der Waals surface area contributed by atoms with Crippen LogP contribution in [-0.4, -0.2) is 83.1 Å². The van der Waals surface area contributed by atoms with E-state index in [9.17, 15) is 23.1 Å². The number of fused-ring (bicyclic) bond motifs is 1. The lowest BCUT2D eigenvalue weighted by Crippen LogP contribution is -2.50. The van der Waals surface area contributed by atoms with Gasteiger partial charge in [0.05, 0.1) is 31.1 Å². The van der Waals surface area contributed by atoms with Gasteiger partial charge in [0, 0.05) is 44.1 Å². The van der Waals surface area contributed by atoms with Gasteiger partial charge in [0.2, 0.25) is 0 Å². The standard InChI is InChI=1S/C27H34N6O6S/c1-18-13-33(19(2)16-34)26(35)22-12-21(30-27(36)29-20-8-6-5-7-9-20)10-11-23(22)39-24(18)14-32(4)40(37,38)25-15-31(3)17-28-25/h5-12,15,17-19,24,34H,13-14,16H2,1-4H3,(H2,29,30,36)/t18-,19+,24+/m0/s1. The molecule has 2 aromatic carbocycles. The maximum atomic E-state index is 13.6. The Morgan fingerprint density at radius 1 is 1.20 bits per heavy atom. The number of nitrogens with one attached hydrogen (secondary N) is 2. The van der Waals surface area contributed by atoms with E-state index in [-0.39, 0.29) is 47.9 Å². The second-order valence-electron chi connectivity index (χ2n) is 9.94. The number of urea groups is 1. The minimum absolute atomic E-state index is 0.00542. The van der Waals surface area contributed by atoms with E-state index in [0.29, 0.717) is 11.4 Å². The van der Waals surface area contributed by atoms with Crippen LogP contribution in [0.1, 0.15) is 24.2 Å². The number of imidazole rings is 1. The molecular weight excluding hydrogens is 536 g/mol. The molecule has 3 atom stereocenters. The van der Waals surface area contributed by atoms with E-state index in [1.54, 1.807) is 59.8 Å². The van der Waals surface area contributed by atoms with Gasteiger partial charge in [-0.3, -0.25) is 4.79 Å². The summed E-state index contributed by atoms with van der Waals surface area (Å²) in [6.07, 6.45) is 2.20. The normalized spacial score (nSPS) is 18.4. The van der Waals surface area contributed by atoms with E-state index in [4.69, 9.17) is 4.74 Å². The first-order chi connectivity index (χ1) is 19.0. The highest BCUT2D eigenvalue weighted by molar-refractivity contribution is 7.89. The average molecular weight is 571 g/mol. The summed E-state index contributed by atoms with van der Waals surface area (Å²) >= 11 is 0. The number of aliphatic hydroxyl groups excluding tert-OH is 1. The molecule has 1 aliphatic rings. The molecule has 0 spiro atoms. The summed E-state index contributed by atoms with van der Waals surface area (Å²) < 4.78 is 35.3. The highest BCUT2D eigenvalue weighted by Crippen LogP contribution is 2.31. The Hall–Kier alpha value is -3.94. The molecular formula is C27H34N6O6S. The minimum Gasteiger partial charge on any atom is -0.488 e. The topological polar surface area (TPSA) is 146 Å². The summed E-state index contributed by atoms with van der Waals surface area (Å²) in [5, 5.41) is 15.2. The Balaban J connectivity index is 1.61. The second kappa shape index (κ2) is 12.1. The molecule has 3 amide bonds. The molecule has 0 unspecified atom stereocenters. The predicted molar refractivity (Wildman–Crippen MR) is 150 cm³/mol. The SMILES string of the molecule is C[C@H](CO)N1C[C@H](C)[C@@H](CN(C)S(=O)(=O)c2cn(C)cn2)Oc2ccc(NC(=O)Nc3ccccc3)cc2C1=O. The van der Waals surface area contributed by atoms with Crippen molar-refractivity contribution < 1.29 is 27.9 Å². The number of nitrogens with zero attached hydrogens (tertiary/aromatic N) is 4. The molecule has 3 N–H and O–H groups in total. The molecule has 1 aliphatic heterocycles. The van der Waals surface area contributed by atoms with E-state index in [0.717, 1.165) is 0 Å². The van der Waals surface area contributed by atoms with Gasteiger partial charge in [0.25, 0.3) is 15.9 Å². The zero-order valence-electron chi connectivity index (χ0n) is 22.8. The third-order valence-corrected chi connectivity index (χ3v) is 8.46. The fraction of sp³-hybridized carbons (Fsp3) is 0.370. The third-order valence-electron chi connectivity index (χ3n) is 6.75. The number of para-hydroxylation sites is 1. The molecule has 0 aliphatic carbocycles. The van der Waals surface area contributed by atoms with E-state index in [1.807, 2.05) is 13.0 Å². The fourth-order valence-electron chi connectivity index (χ4n) is 4.37. The molecule has 1 aromatic heterocycles. The monoisotopic (exact) mass is 570 g/mol. The lowest BCUT2D eigenvalue weighted by atomic mass is 9.99. The molecule has 4 rings (SSSR count). The number of aromatic nitrogens is 2. The van der Waals surface area contributed by atoms with E-state index >= 15 is 0 Å². The number of benzene rings is 2. The summed E-state index contributed by atoms with van der Waals surface area (Å²) in [7, 11) is -0.743. The van der Waals surface area contributed by atoms with E-state index in [1.165, 1.54) is 29.9 Å². The number of carbonyl (C=O) groups is 2. The summed E-state index contributed by atoms with van der Waals surface area (Å²) in [6.45, 7) is 3.55. The largest absolute Gasteiger partial charge is 0.488 e. The first-order valence-electron chi connectivity index (χ1n) is 12.8. The molecule has 0 radical (unpaired) electrons. The van der Waals surface area contributed by atoms with Crippen molar-refractivity contribution in [2.45, 2.75) is 31.0 Å². The first kappa shape index (κ1) is 29.1. The number of anilines is 2. The molecule has 0 fully saturated rings. The minimum atomic E-state index is -3.88. The van der Waals surface area contributed by atoms with Crippen molar-refractivity contribution in [3.63, 3.8) is 0 Å². The van der Waals surface area contributed by atoms with Crippen LogP contribution in [0, 0.1) is 5.92 Å². The number of amides is 3. The zero-order valence-corrected chi connectivity index (χ0v) is 23.6. The Morgan fingerprint density at radius 2 is 1.90 bits per heavy atom. The van der Waals surface area contributed by atoms with Crippen molar-refractivity contribution in [2.75, 3.05) is 37.4 Å². The van der Waals surface area contributed by atoms with Crippen molar-refractivity contribution in [3.05, 3.63) is 66.6 Å². The van der Waals surface area contributed by atoms with Gasteiger partial charge in [-0.2, -0.15) is 4.31 Å². The highest BCUT2D eigenvalue weighted by Gasteiger charge is 2.35. The molecule has 40 heavy (non-hydrogen) atoms. The van der Waals surface area contributed by atoms with Gasteiger partial charge in [0.15, 0.2) is 5.03 Å². The van der Waals surface area contributed by atoms with Crippen LogP contribution in [-0.2, 0) is 17.1 Å². The van der Waals surface area contributed by atoms with Crippen LogP contribution in [0.5, 0.6) is 5.75 Å². The van der Waals surface area contributed by atoms with E-state index in [2.05, 4.69) is 15.6 Å². The molecule has 3 aromatic rings. The Morgan fingerprint density at radius 3 is 2.55 bits per heavy atom. The lowest BCUT2D eigenvalue weighted by molar-refractivity contribution is 0.0387. The lowest BCUT2D eigenvalue weighted by Gasteiger charge is -2.38. The summed E-state index contributed by atoms with van der Waals surface area (Å²) in [5.74, 6) is -0.417. The fourth-order valence-corrected chi connectivity index (χ4v) is 5.51. The van der Waals surface area contributed by atoms with Gasteiger partial charge in [-0.05, 0) is 37.3 Å². The maximum absolute atomic E-state index is 13.6. The van der Waals surface area contributed by atoms with Crippen molar-refractivity contribution in [1.29, 1.82) is 0 Å². The smallest absolute Gasteiger partial charge is 0.323 e. The quantitative estimate of drug-likeness (QED) is 0.377. The first-order valence-corrected chi connectivity index (χ1v) is 14.2. The van der Waals surface area contributed by atoms with Crippen molar-refractivity contribution in [3.8, 4) is 5.75 Å². The van der Waals surface area contributed by atoms with Crippen LogP contribution in [0.3, 0.4) is 0 Å². The highest BCUT2D eigenvalue weighted by atomic mass is 32.2. The summed E-state index contributed by atoms with van der Waals surface area (Å²) in [6, 6.07) is 12.6. The molecule has 0 bridgehead atoms. The summed E-state index contributed by atoms with van der Waals surface area (Å²) in [5.41, 5.74) is 1.15. The number of aryl methyl sites for hydroxylation is 1. The number of likely N-dealkylation sites (N-methyl/N-ethyl adjacent to an activating group) is 1. The van der Waals surface area contributed by atoms with Gasteiger partial charge in [0.1, 0.15) is 11.9 Å². The van der Waals surface area contributed by atoms with Crippen LogP contribution in [0.15, 0.2) is 66.1 Å². The van der Waals surface area contributed by atoms with Crippen LogP contribution >= 0.6 is 0 Å². The van der Waals surface area contributed by atoms with Gasteiger partial charge < -0.3 is 29.9 Å². The average Bonchev–Trinajstić information content (AvgIpc) is 3.38. The number of sulfonamides is 1. The van der Waals surface area contributed by atoms with Crippen molar-refractivity contribution >= 4 is 33.3 Å². The number of aliphatic hydroxyl groups is 1. The number of hydrogen-bond acceptors (Lipinski definition) is 7. The van der Waals surface area contributed by atoms with Crippen LogP contribution in [0.4, 0.5) is 16.2 Å². The Bertz CT molecular complexity index is 1460. The zero-order chi connectivity index (χ0) is 29.0. The molecule has 0 saturated heterocycles. The molecule has 214 valence electrons. The van der Waals surface area contributed by atoms with Crippen LogP contribution < -0.4 is 15.4 Å². The molecule has 0 saturated carbocycles. The number of hydrogen-bond donors (Lipinski definition) is 3. The van der Waals surface area contributed by atoms with Gasteiger partial charge in [-0.15, -0.1) is 0 Å². The van der Waals surface area contributed by atoms with Gasteiger partial charge in [-0.25, -0.2) is 18.2 Å². The maximum Gasteiger partial charge on any atom is 0.323 e. The van der Waals surface area contributed by atoms with Crippen molar-refractivity contribution in [2.24, 2.45) is 13.0 Å². The van der Waals surface area contributed by atoms with E-state index < -0.39 is 28.2 Å². The van der Waals surface area contributed by atoms with Crippen LogP contribution in [0.2, 0.25) is 0 Å². The van der Waals surface area contributed by atoms with Gasteiger partial charge >= 0.3 is 6.03 Å². The predicted octanol–water partition coefficient (Wildman–Crippen LogP) is 2.60. The molecule has 13 heteroatoms. The summed E-state index contributed by atoms with van der Waals surface area (Å²) in [4.78, 5) is 31.7. The number of rotatable bonds is 8. The second-order valence-corrected chi connectivity index (χ2v) is 11.9.